The summed E-state index contributed by atoms with van der Waals surface area (Å²) >= 11 is 0. The topological polar surface area (TPSA) is 80.6 Å². The Morgan fingerprint density at radius 2 is 1.76 bits per heavy atom. The maximum absolute atomic E-state index is 12.9. The smallest absolute Gasteiger partial charge is 0.338 e. The fourth-order valence-corrected chi connectivity index (χ4v) is 4.94. The van der Waals surface area contributed by atoms with Crippen molar-refractivity contribution in [2.75, 3.05) is 27.4 Å². The van der Waals surface area contributed by atoms with Crippen LogP contribution in [0.25, 0.3) is 0 Å². The zero-order chi connectivity index (χ0) is 20.5. The molecular weight excluding hydrogens is 374 g/mol. The van der Waals surface area contributed by atoms with Crippen LogP contribution in [0.15, 0.2) is 18.2 Å². The molecule has 2 aliphatic heterocycles. The number of carbonyl (C=O) groups excluding carboxylic acids is 3. The van der Waals surface area contributed by atoms with Crippen molar-refractivity contribution < 1.29 is 28.8 Å². The van der Waals surface area contributed by atoms with Crippen LogP contribution in [0.5, 0.6) is 11.5 Å². The average molecular weight is 402 g/mol. The number of amides is 4. The molecule has 1 N–H and O–H groups in total. The first kappa shape index (κ1) is 19.7. The average Bonchev–Trinajstić information content (AvgIpc) is 3.46. The summed E-state index contributed by atoms with van der Waals surface area (Å²) in [5.41, 5.74) is 0.998. The largest absolute Gasteiger partial charge is 0.497 e. The van der Waals surface area contributed by atoms with E-state index in [4.69, 9.17) is 9.47 Å². The van der Waals surface area contributed by atoms with E-state index in [1.165, 1.54) is 4.90 Å². The number of nitrogens with one attached hydrogen (secondary N) is 1. The summed E-state index contributed by atoms with van der Waals surface area (Å²) in [6.45, 7) is 1.01. The Kier molecular flexibility index (Phi) is 5.45. The van der Waals surface area contributed by atoms with Crippen LogP contribution in [0.2, 0.25) is 0 Å². The molecule has 1 aliphatic carbocycles. The van der Waals surface area contributed by atoms with Crippen LogP contribution < -0.4 is 14.4 Å². The van der Waals surface area contributed by atoms with Crippen LogP contribution in [0.4, 0.5) is 4.79 Å². The predicted molar refractivity (Wildman–Crippen MR) is 104 cm³/mol. The molecule has 2 saturated heterocycles. The van der Waals surface area contributed by atoms with Crippen LogP contribution in [-0.2, 0) is 9.59 Å². The van der Waals surface area contributed by atoms with E-state index in [9.17, 15) is 14.4 Å². The minimum atomic E-state index is -0.697. The number of hydrogen-bond donors (Lipinski definition) is 1. The van der Waals surface area contributed by atoms with Gasteiger partial charge >= 0.3 is 17.8 Å². The van der Waals surface area contributed by atoms with Gasteiger partial charge in [0.25, 0.3) is 0 Å². The molecule has 8 nitrogen and oxygen atoms in total. The summed E-state index contributed by atoms with van der Waals surface area (Å²) in [5, 5.41) is 0. The van der Waals surface area contributed by atoms with Crippen LogP contribution in [-0.4, -0.2) is 61.1 Å². The van der Waals surface area contributed by atoms with E-state index < -0.39 is 17.8 Å². The van der Waals surface area contributed by atoms with Gasteiger partial charge in [0.05, 0.1) is 26.3 Å². The second-order valence-electron chi connectivity index (χ2n) is 8.00. The Hall–Kier alpha value is -2.61. The van der Waals surface area contributed by atoms with Crippen LogP contribution in [0, 0.1) is 0 Å². The van der Waals surface area contributed by atoms with Crippen molar-refractivity contribution in [3.05, 3.63) is 23.8 Å². The molecule has 1 aromatic rings. The highest BCUT2D eigenvalue weighted by molar-refractivity contribution is 6.44. The second-order valence-corrected chi connectivity index (χ2v) is 8.00. The fraction of sp³-hybridized carbons (Fsp3) is 0.571. The van der Waals surface area contributed by atoms with Gasteiger partial charge in [0, 0.05) is 18.9 Å². The molecule has 0 bridgehead atoms. The van der Waals surface area contributed by atoms with Gasteiger partial charge in [-0.2, -0.15) is 0 Å². The van der Waals surface area contributed by atoms with Crippen LogP contribution in [0.1, 0.15) is 50.1 Å². The lowest BCUT2D eigenvalue weighted by Crippen LogP contribution is -3.12. The number of rotatable bonds is 6. The molecule has 29 heavy (non-hydrogen) atoms. The molecule has 0 spiro atoms. The third-order valence-electron chi connectivity index (χ3n) is 6.43. The molecule has 0 radical (unpaired) electrons. The van der Waals surface area contributed by atoms with E-state index in [1.54, 1.807) is 14.2 Å². The Balaban J connectivity index is 1.55. The maximum atomic E-state index is 12.9. The van der Waals surface area contributed by atoms with E-state index in [0.29, 0.717) is 0 Å². The molecule has 156 valence electrons. The summed E-state index contributed by atoms with van der Waals surface area (Å²) in [7, 11) is 3.25. The third kappa shape index (κ3) is 3.46. The quantitative estimate of drug-likeness (QED) is 0.570. The van der Waals surface area contributed by atoms with Gasteiger partial charge in [-0.3, -0.25) is 14.5 Å². The highest BCUT2D eigenvalue weighted by atomic mass is 16.5. The van der Waals surface area contributed by atoms with Gasteiger partial charge in [-0.1, -0.05) is 12.8 Å². The molecule has 4 rings (SSSR count). The molecule has 3 fully saturated rings. The third-order valence-corrected chi connectivity index (χ3v) is 6.43. The number of hydrogen-bond acceptors (Lipinski definition) is 5. The first-order valence-corrected chi connectivity index (χ1v) is 10.3. The summed E-state index contributed by atoms with van der Waals surface area (Å²) in [6, 6.07) is 5.16. The maximum Gasteiger partial charge on any atom is 0.338 e. The van der Waals surface area contributed by atoms with E-state index in [1.807, 2.05) is 18.2 Å². The van der Waals surface area contributed by atoms with Crippen LogP contribution >= 0.6 is 0 Å². The van der Waals surface area contributed by atoms with Gasteiger partial charge in [-0.25, -0.2) is 9.69 Å². The van der Waals surface area contributed by atoms with Crippen molar-refractivity contribution in [3.8, 4) is 11.5 Å². The predicted octanol–water partition coefficient (Wildman–Crippen LogP) is 1.11. The number of urea groups is 1. The molecule has 3 aliphatic rings. The number of ether oxygens (including phenoxy) is 2. The molecule has 2 heterocycles. The van der Waals surface area contributed by atoms with Crippen LogP contribution in [0.3, 0.4) is 0 Å². The highest BCUT2D eigenvalue weighted by Crippen LogP contribution is 2.32. The van der Waals surface area contributed by atoms with E-state index in [2.05, 4.69) is 0 Å². The number of methoxy groups -OCH3 is 2. The molecular formula is C21H28N3O5+. The van der Waals surface area contributed by atoms with Gasteiger partial charge < -0.3 is 14.4 Å². The molecule has 1 saturated carbocycles. The van der Waals surface area contributed by atoms with Crippen molar-refractivity contribution in [2.24, 2.45) is 0 Å². The minimum absolute atomic E-state index is 0.0660. The molecule has 4 amide bonds. The molecule has 0 aromatic heterocycles. The fourth-order valence-electron chi connectivity index (χ4n) is 4.94. The lowest BCUT2D eigenvalue weighted by Gasteiger charge is -2.27. The first-order chi connectivity index (χ1) is 14.0. The van der Waals surface area contributed by atoms with Gasteiger partial charge in [-0.15, -0.1) is 0 Å². The van der Waals surface area contributed by atoms with Gasteiger partial charge in [-0.05, 0) is 31.0 Å². The lowest BCUT2D eigenvalue weighted by atomic mass is 10.0. The lowest BCUT2D eigenvalue weighted by molar-refractivity contribution is -0.925. The normalized spacial score (nSPS) is 25.4. The standard InChI is InChI=1S/C21H27N3O5/c1-28-15-9-10-18(29-2)16(12-15)17-8-5-11-22(17)13-23-19(25)20(26)24(21(23)27)14-6-3-4-7-14/h9-10,12,14,17H,3-8,11,13H2,1-2H3/p+1/t17-/m1/s1. The van der Waals surface area contributed by atoms with Crippen molar-refractivity contribution in [1.29, 1.82) is 0 Å². The van der Waals surface area contributed by atoms with Crippen molar-refractivity contribution in [2.45, 2.75) is 50.6 Å². The van der Waals surface area contributed by atoms with E-state index in [-0.39, 0.29) is 18.8 Å². The Bertz CT molecular complexity index is 821. The Morgan fingerprint density at radius 3 is 2.45 bits per heavy atom. The molecule has 8 heteroatoms. The van der Waals surface area contributed by atoms with E-state index in [0.717, 1.165) is 71.9 Å². The van der Waals surface area contributed by atoms with E-state index >= 15 is 0 Å². The summed E-state index contributed by atoms with van der Waals surface area (Å²) < 4.78 is 10.9. The second kappa shape index (κ2) is 8.02. The first-order valence-electron chi connectivity index (χ1n) is 10.3. The number of benzene rings is 1. The van der Waals surface area contributed by atoms with Crippen molar-refractivity contribution >= 4 is 17.8 Å². The van der Waals surface area contributed by atoms with Gasteiger partial charge in [0.2, 0.25) is 0 Å². The Labute approximate surface area is 170 Å². The summed E-state index contributed by atoms with van der Waals surface area (Å²) in [6.07, 6.45) is 5.44. The molecule has 1 unspecified atom stereocenters. The zero-order valence-electron chi connectivity index (χ0n) is 17.0. The number of nitrogens with zero attached hydrogens (tertiary/aromatic N) is 2. The SMILES string of the molecule is COc1ccc(OC)c([C@H]2CCC[NH+]2CN2C(=O)C(=O)N(C3CCCC3)C2=O)c1. The minimum Gasteiger partial charge on any atom is -0.497 e. The Morgan fingerprint density at radius 1 is 1.00 bits per heavy atom. The number of likely N-dealkylation sites (tertiary alicyclic amines) is 1. The highest BCUT2D eigenvalue weighted by Gasteiger charge is 2.50. The van der Waals surface area contributed by atoms with Gasteiger partial charge in [0.1, 0.15) is 17.5 Å². The molecule has 2 atom stereocenters. The van der Waals surface area contributed by atoms with Crippen molar-refractivity contribution in [3.63, 3.8) is 0 Å². The summed E-state index contributed by atoms with van der Waals surface area (Å²) in [5.74, 6) is 0.134. The molecule has 1 aromatic carbocycles. The zero-order valence-corrected chi connectivity index (χ0v) is 17.0. The summed E-state index contributed by atoms with van der Waals surface area (Å²) in [4.78, 5) is 41.4. The van der Waals surface area contributed by atoms with Crippen molar-refractivity contribution in [1.82, 2.24) is 9.80 Å². The van der Waals surface area contributed by atoms with Gasteiger partial charge in [0.15, 0.2) is 6.67 Å². The number of imide groups is 2. The monoisotopic (exact) mass is 402 g/mol. The number of carbonyl (C=O) groups is 3. The number of quaternary nitrogens is 1.